The van der Waals surface area contributed by atoms with Crippen LogP contribution < -0.4 is 5.32 Å². The van der Waals surface area contributed by atoms with Crippen LogP contribution in [0.25, 0.3) is 0 Å². The van der Waals surface area contributed by atoms with E-state index in [-0.39, 0.29) is 5.91 Å². The molecule has 0 fully saturated rings. The molecule has 0 bridgehead atoms. The lowest BCUT2D eigenvalue weighted by molar-refractivity contribution is 0.0951. The van der Waals surface area contributed by atoms with Gasteiger partial charge in [0, 0.05) is 19.5 Å². The minimum absolute atomic E-state index is 0.0308. The summed E-state index contributed by atoms with van der Waals surface area (Å²) in [7, 11) is 0. The molecule has 0 spiro atoms. The number of thiophene rings is 2. The van der Waals surface area contributed by atoms with Gasteiger partial charge in [-0.2, -0.15) is 0 Å². The second-order valence-electron chi connectivity index (χ2n) is 4.23. The van der Waals surface area contributed by atoms with Crippen LogP contribution in [0.1, 0.15) is 36.8 Å². The van der Waals surface area contributed by atoms with Gasteiger partial charge in [0.15, 0.2) is 0 Å². The number of rotatable bonds is 4. The molecule has 96 valence electrons. The van der Waals surface area contributed by atoms with Crippen molar-refractivity contribution in [2.75, 3.05) is 0 Å². The number of carbonyl (C=O) groups is 1. The van der Waals surface area contributed by atoms with Gasteiger partial charge in [-0.15, -0.1) is 22.7 Å². The third-order valence-electron chi connectivity index (χ3n) is 2.77. The SMILES string of the molecule is CCc1ccc(CNC(=O)c2cc(C)sc2C)s1. The Hall–Kier alpha value is -1.13. The average molecular weight is 279 g/mol. The van der Waals surface area contributed by atoms with Gasteiger partial charge < -0.3 is 5.32 Å². The van der Waals surface area contributed by atoms with Crippen molar-refractivity contribution in [3.63, 3.8) is 0 Å². The molecular weight excluding hydrogens is 262 g/mol. The molecule has 1 amide bonds. The van der Waals surface area contributed by atoms with Crippen molar-refractivity contribution in [1.29, 1.82) is 0 Å². The summed E-state index contributed by atoms with van der Waals surface area (Å²) < 4.78 is 0. The molecule has 2 aromatic rings. The van der Waals surface area contributed by atoms with Crippen molar-refractivity contribution >= 4 is 28.6 Å². The highest BCUT2D eigenvalue weighted by atomic mass is 32.1. The van der Waals surface area contributed by atoms with E-state index in [2.05, 4.69) is 24.4 Å². The van der Waals surface area contributed by atoms with Crippen molar-refractivity contribution in [2.24, 2.45) is 0 Å². The largest absolute Gasteiger partial charge is 0.347 e. The molecule has 2 heterocycles. The van der Waals surface area contributed by atoms with Gasteiger partial charge in [-0.25, -0.2) is 0 Å². The lowest BCUT2D eigenvalue weighted by Crippen LogP contribution is -2.22. The Morgan fingerprint density at radius 3 is 2.50 bits per heavy atom. The first-order valence-corrected chi connectivity index (χ1v) is 7.66. The van der Waals surface area contributed by atoms with E-state index in [1.54, 1.807) is 22.7 Å². The Morgan fingerprint density at radius 1 is 1.22 bits per heavy atom. The average Bonchev–Trinajstić information content (AvgIpc) is 2.92. The molecule has 2 rings (SSSR count). The zero-order valence-electron chi connectivity index (χ0n) is 10.9. The number of hydrogen-bond acceptors (Lipinski definition) is 3. The molecule has 0 aliphatic rings. The normalized spacial score (nSPS) is 10.6. The lowest BCUT2D eigenvalue weighted by Gasteiger charge is -2.02. The molecule has 2 aromatic heterocycles. The minimum Gasteiger partial charge on any atom is -0.347 e. The summed E-state index contributed by atoms with van der Waals surface area (Å²) in [5.74, 6) is 0.0308. The smallest absolute Gasteiger partial charge is 0.252 e. The number of hydrogen-bond donors (Lipinski definition) is 1. The van der Waals surface area contributed by atoms with Crippen molar-refractivity contribution in [2.45, 2.75) is 33.7 Å². The van der Waals surface area contributed by atoms with Gasteiger partial charge in [0.1, 0.15) is 0 Å². The van der Waals surface area contributed by atoms with Crippen LogP contribution in [0.5, 0.6) is 0 Å². The van der Waals surface area contributed by atoms with E-state index in [4.69, 9.17) is 0 Å². The maximum atomic E-state index is 12.0. The first-order valence-electron chi connectivity index (χ1n) is 6.03. The molecule has 0 aromatic carbocycles. The molecule has 0 unspecified atom stereocenters. The Balaban J connectivity index is 1.98. The predicted molar refractivity (Wildman–Crippen MR) is 78.7 cm³/mol. The summed E-state index contributed by atoms with van der Waals surface area (Å²) in [6.07, 6.45) is 1.06. The Kier molecular flexibility index (Phi) is 4.19. The molecular formula is C14H17NOS2. The standard InChI is InChI=1S/C14H17NOS2/c1-4-11-5-6-12(18-11)8-15-14(16)13-7-9(2)17-10(13)3/h5-7H,4,8H2,1-3H3,(H,15,16). The quantitative estimate of drug-likeness (QED) is 0.903. The third kappa shape index (κ3) is 3.00. The van der Waals surface area contributed by atoms with Gasteiger partial charge in [0.2, 0.25) is 0 Å². The van der Waals surface area contributed by atoms with E-state index in [1.807, 2.05) is 19.9 Å². The van der Waals surface area contributed by atoms with E-state index < -0.39 is 0 Å². The molecule has 0 atom stereocenters. The summed E-state index contributed by atoms with van der Waals surface area (Å²) >= 11 is 3.44. The molecule has 0 aliphatic heterocycles. The van der Waals surface area contributed by atoms with Crippen molar-refractivity contribution in [3.8, 4) is 0 Å². The van der Waals surface area contributed by atoms with Gasteiger partial charge in [-0.05, 0) is 38.5 Å². The maximum absolute atomic E-state index is 12.0. The fraction of sp³-hybridized carbons (Fsp3) is 0.357. The van der Waals surface area contributed by atoms with E-state index in [9.17, 15) is 4.79 Å². The van der Waals surface area contributed by atoms with E-state index in [0.717, 1.165) is 16.9 Å². The van der Waals surface area contributed by atoms with Gasteiger partial charge in [0.25, 0.3) is 5.91 Å². The van der Waals surface area contributed by atoms with E-state index in [1.165, 1.54) is 14.6 Å². The lowest BCUT2D eigenvalue weighted by atomic mass is 10.2. The van der Waals surface area contributed by atoms with E-state index in [0.29, 0.717) is 6.54 Å². The summed E-state index contributed by atoms with van der Waals surface area (Å²) in [6, 6.07) is 6.18. The van der Waals surface area contributed by atoms with Crippen molar-refractivity contribution in [1.82, 2.24) is 5.32 Å². The third-order valence-corrected chi connectivity index (χ3v) is 4.97. The van der Waals surface area contributed by atoms with Crippen LogP contribution >= 0.6 is 22.7 Å². The topological polar surface area (TPSA) is 29.1 Å². The first kappa shape index (κ1) is 13.3. The van der Waals surface area contributed by atoms with Crippen LogP contribution in [0, 0.1) is 13.8 Å². The molecule has 0 saturated carbocycles. The maximum Gasteiger partial charge on any atom is 0.252 e. The summed E-state index contributed by atoms with van der Waals surface area (Å²) in [6.45, 7) is 6.79. The predicted octanol–water partition coefficient (Wildman–Crippen LogP) is 3.92. The minimum atomic E-state index is 0.0308. The summed E-state index contributed by atoms with van der Waals surface area (Å²) in [5.41, 5.74) is 0.810. The Labute approximate surface area is 116 Å². The fourth-order valence-corrected chi connectivity index (χ4v) is 3.65. The van der Waals surface area contributed by atoms with Gasteiger partial charge in [0.05, 0.1) is 12.1 Å². The van der Waals surface area contributed by atoms with Crippen LogP contribution in [0.3, 0.4) is 0 Å². The van der Waals surface area contributed by atoms with Crippen molar-refractivity contribution in [3.05, 3.63) is 43.3 Å². The van der Waals surface area contributed by atoms with Crippen LogP contribution in [-0.2, 0) is 13.0 Å². The van der Waals surface area contributed by atoms with Gasteiger partial charge in [-0.3, -0.25) is 4.79 Å². The molecule has 2 nitrogen and oxygen atoms in total. The van der Waals surface area contributed by atoms with Crippen molar-refractivity contribution < 1.29 is 4.79 Å². The number of amides is 1. The number of carbonyl (C=O) groups excluding carboxylic acids is 1. The Morgan fingerprint density at radius 2 is 1.94 bits per heavy atom. The second-order valence-corrected chi connectivity index (χ2v) is 6.94. The molecule has 0 radical (unpaired) electrons. The second kappa shape index (κ2) is 5.67. The molecule has 18 heavy (non-hydrogen) atoms. The summed E-state index contributed by atoms with van der Waals surface area (Å²) in [5, 5.41) is 2.98. The highest BCUT2D eigenvalue weighted by Crippen LogP contribution is 2.21. The first-order chi connectivity index (χ1) is 8.60. The van der Waals surface area contributed by atoms with Crippen LogP contribution in [-0.4, -0.2) is 5.91 Å². The van der Waals surface area contributed by atoms with E-state index >= 15 is 0 Å². The molecule has 0 saturated heterocycles. The monoisotopic (exact) mass is 279 g/mol. The Bertz CT molecular complexity index is 554. The molecule has 1 N–H and O–H groups in total. The summed E-state index contributed by atoms with van der Waals surface area (Å²) in [4.78, 5) is 16.9. The fourth-order valence-electron chi connectivity index (χ4n) is 1.83. The number of aryl methyl sites for hydroxylation is 3. The molecule has 4 heteroatoms. The van der Waals surface area contributed by atoms with Crippen LogP contribution in [0.15, 0.2) is 18.2 Å². The number of nitrogens with one attached hydrogen (secondary N) is 1. The zero-order chi connectivity index (χ0) is 13.1. The molecule has 0 aliphatic carbocycles. The highest BCUT2D eigenvalue weighted by molar-refractivity contribution is 7.12. The van der Waals surface area contributed by atoms with Gasteiger partial charge >= 0.3 is 0 Å². The zero-order valence-corrected chi connectivity index (χ0v) is 12.5. The highest BCUT2D eigenvalue weighted by Gasteiger charge is 2.11. The van der Waals surface area contributed by atoms with Crippen LogP contribution in [0.2, 0.25) is 0 Å². The van der Waals surface area contributed by atoms with Crippen LogP contribution in [0.4, 0.5) is 0 Å². The van der Waals surface area contributed by atoms with Gasteiger partial charge in [-0.1, -0.05) is 6.92 Å².